The van der Waals surface area contributed by atoms with E-state index in [1.54, 1.807) is 17.9 Å². The van der Waals surface area contributed by atoms with Gasteiger partial charge in [-0.05, 0) is 19.1 Å². The number of nitrogen functional groups attached to an aromatic ring is 1. The molecular weight excluding hydrogens is 243 g/mol. The van der Waals surface area contributed by atoms with Crippen molar-refractivity contribution in [3.05, 3.63) is 35.7 Å². The quantitative estimate of drug-likeness (QED) is 0.796. The minimum atomic E-state index is -4.38. The van der Waals surface area contributed by atoms with Crippen LogP contribution >= 0.6 is 0 Å². The molecule has 0 aliphatic heterocycles. The van der Waals surface area contributed by atoms with Crippen LogP contribution in [0.5, 0.6) is 0 Å². The minimum absolute atomic E-state index is 0.0981. The average Bonchev–Trinajstić information content (AvgIpc) is 2.59. The van der Waals surface area contributed by atoms with Crippen molar-refractivity contribution in [3.63, 3.8) is 0 Å². The van der Waals surface area contributed by atoms with E-state index in [0.29, 0.717) is 5.56 Å². The highest BCUT2D eigenvalue weighted by molar-refractivity contribution is 5.77. The van der Waals surface area contributed by atoms with Crippen LogP contribution in [0.1, 0.15) is 11.3 Å². The number of benzene rings is 1. The molecule has 18 heavy (non-hydrogen) atoms. The first kappa shape index (κ1) is 12.5. The molecule has 3 nitrogen and oxygen atoms in total. The lowest BCUT2D eigenvalue weighted by Crippen LogP contribution is -2.06. The Balaban J connectivity index is 2.52. The Labute approximate surface area is 102 Å². The number of anilines is 1. The molecule has 2 N–H and O–H groups in total. The number of rotatable bonds is 1. The standard InChI is InChI=1S/C12H12F3N3/c1-7-10(6-17-18(7)2)9-4-3-8(5-11(9)16)12(13,14)15/h3-6H,16H2,1-2H3. The summed E-state index contributed by atoms with van der Waals surface area (Å²) in [6, 6.07) is 3.35. The number of alkyl halides is 3. The highest BCUT2D eigenvalue weighted by Gasteiger charge is 2.31. The molecule has 96 valence electrons. The summed E-state index contributed by atoms with van der Waals surface area (Å²) in [5.74, 6) is 0. The monoisotopic (exact) mass is 255 g/mol. The van der Waals surface area contributed by atoms with Crippen molar-refractivity contribution in [2.45, 2.75) is 13.1 Å². The Morgan fingerprint density at radius 2 is 1.89 bits per heavy atom. The zero-order valence-electron chi connectivity index (χ0n) is 9.92. The van der Waals surface area contributed by atoms with E-state index < -0.39 is 11.7 Å². The number of hydrogen-bond acceptors (Lipinski definition) is 2. The number of hydrogen-bond donors (Lipinski definition) is 1. The second-order valence-electron chi connectivity index (χ2n) is 4.07. The largest absolute Gasteiger partial charge is 0.416 e. The third-order valence-corrected chi connectivity index (χ3v) is 2.90. The summed E-state index contributed by atoms with van der Waals surface area (Å²) < 4.78 is 39.2. The molecule has 0 saturated carbocycles. The lowest BCUT2D eigenvalue weighted by atomic mass is 10.0. The van der Waals surface area contributed by atoms with Gasteiger partial charge >= 0.3 is 6.18 Å². The SMILES string of the molecule is Cc1c(-c2ccc(C(F)(F)F)cc2N)cnn1C. The Kier molecular flexibility index (Phi) is 2.80. The fraction of sp³-hybridized carbons (Fsp3) is 0.250. The van der Waals surface area contributed by atoms with E-state index in [1.165, 1.54) is 6.07 Å². The predicted molar refractivity (Wildman–Crippen MR) is 62.8 cm³/mol. The predicted octanol–water partition coefficient (Wildman–Crippen LogP) is 3.00. The first-order valence-corrected chi connectivity index (χ1v) is 5.26. The second-order valence-corrected chi connectivity index (χ2v) is 4.07. The summed E-state index contributed by atoms with van der Waals surface area (Å²) >= 11 is 0. The number of nitrogens with two attached hydrogens (primary N) is 1. The minimum Gasteiger partial charge on any atom is -0.398 e. The molecule has 2 aromatic rings. The maximum absolute atomic E-state index is 12.5. The first-order valence-electron chi connectivity index (χ1n) is 5.26. The summed E-state index contributed by atoms with van der Waals surface area (Å²) in [7, 11) is 1.76. The molecule has 0 aliphatic carbocycles. The van der Waals surface area contributed by atoms with Crippen molar-refractivity contribution >= 4 is 5.69 Å². The number of aromatic nitrogens is 2. The molecule has 1 aromatic heterocycles. The molecular formula is C12H12F3N3. The van der Waals surface area contributed by atoms with E-state index in [0.717, 1.165) is 23.4 Å². The summed E-state index contributed by atoms with van der Waals surface area (Å²) in [5, 5.41) is 4.04. The van der Waals surface area contributed by atoms with Crippen LogP contribution < -0.4 is 5.73 Å². The number of aryl methyl sites for hydroxylation is 1. The van der Waals surface area contributed by atoms with Gasteiger partial charge in [-0.1, -0.05) is 6.07 Å². The first-order chi connectivity index (χ1) is 8.30. The summed E-state index contributed by atoms with van der Waals surface area (Å²) in [5.41, 5.74) is 7.20. The molecule has 2 rings (SSSR count). The van der Waals surface area contributed by atoms with Gasteiger partial charge in [-0.15, -0.1) is 0 Å². The smallest absolute Gasteiger partial charge is 0.398 e. The third-order valence-electron chi connectivity index (χ3n) is 2.90. The van der Waals surface area contributed by atoms with Crippen LogP contribution in [0.15, 0.2) is 24.4 Å². The van der Waals surface area contributed by atoms with Gasteiger partial charge in [0, 0.05) is 29.6 Å². The van der Waals surface area contributed by atoms with Crippen LogP contribution in [0.2, 0.25) is 0 Å². The molecule has 0 aliphatic rings. The van der Waals surface area contributed by atoms with Crippen LogP contribution in [-0.4, -0.2) is 9.78 Å². The van der Waals surface area contributed by atoms with Crippen molar-refractivity contribution in [1.82, 2.24) is 9.78 Å². The zero-order chi connectivity index (χ0) is 13.5. The molecule has 0 fully saturated rings. The normalized spacial score (nSPS) is 11.8. The molecule has 1 aromatic carbocycles. The molecule has 0 amide bonds. The van der Waals surface area contributed by atoms with Gasteiger partial charge in [0.15, 0.2) is 0 Å². The van der Waals surface area contributed by atoms with Gasteiger partial charge in [-0.3, -0.25) is 4.68 Å². The highest BCUT2D eigenvalue weighted by Crippen LogP contribution is 2.35. The van der Waals surface area contributed by atoms with Gasteiger partial charge in [-0.25, -0.2) is 0 Å². The number of nitrogens with zero attached hydrogens (tertiary/aromatic N) is 2. The van der Waals surface area contributed by atoms with Crippen molar-refractivity contribution in [1.29, 1.82) is 0 Å². The fourth-order valence-corrected chi connectivity index (χ4v) is 1.75. The van der Waals surface area contributed by atoms with Crippen molar-refractivity contribution in [2.24, 2.45) is 7.05 Å². The van der Waals surface area contributed by atoms with Crippen molar-refractivity contribution < 1.29 is 13.2 Å². The van der Waals surface area contributed by atoms with E-state index in [1.807, 2.05) is 6.92 Å². The van der Waals surface area contributed by atoms with Crippen LogP contribution in [0.3, 0.4) is 0 Å². The van der Waals surface area contributed by atoms with Crippen LogP contribution in [0.25, 0.3) is 11.1 Å². The Morgan fingerprint density at radius 1 is 1.22 bits per heavy atom. The Hall–Kier alpha value is -1.98. The van der Waals surface area contributed by atoms with Crippen LogP contribution in [0.4, 0.5) is 18.9 Å². The molecule has 0 saturated heterocycles. The molecule has 0 unspecified atom stereocenters. The van der Waals surface area contributed by atoms with Gasteiger partial charge in [0.25, 0.3) is 0 Å². The lowest BCUT2D eigenvalue weighted by Gasteiger charge is -2.10. The van der Waals surface area contributed by atoms with Crippen molar-refractivity contribution in [2.75, 3.05) is 5.73 Å². The second kappa shape index (κ2) is 4.04. The summed E-state index contributed by atoms with van der Waals surface area (Å²) in [6.07, 6.45) is -2.79. The van der Waals surface area contributed by atoms with E-state index in [9.17, 15) is 13.2 Å². The Morgan fingerprint density at radius 3 is 2.33 bits per heavy atom. The van der Waals surface area contributed by atoms with Crippen LogP contribution in [0, 0.1) is 6.92 Å². The van der Waals surface area contributed by atoms with Gasteiger partial charge in [0.2, 0.25) is 0 Å². The van der Waals surface area contributed by atoms with E-state index in [2.05, 4.69) is 5.10 Å². The number of halogens is 3. The molecule has 0 radical (unpaired) electrons. The zero-order valence-corrected chi connectivity index (χ0v) is 9.92. The summed E-state index contributed by atoms with van der Waals surface area (Å²) in [4.78, 5) is 0. The maximum atomic E-state index is 12.5. The third kappa shape index (κ3) is 2.05. The van der Waals surface area contributed by atoms with Crippen molar-refractivity contribution in [3.8, 4) is 11.1 Å². The maximum Gasteiger partial charge on any atom is 0.416 e. The topological polar surface area (TPSA) is 43.8 Å². The van der Waals surface area contributed by atoms with E-state index in [4.69, 9.17) is 5.73 Å². The van der Waals surface area contributed by atoms with Gasteiger partial charge in [-0.2, -0.15) is 18.3 Å². The molecule has 0 bridgehead atoms. The highest BCUT2D eigenvalue weighted by atomic mass is 19.4. The van der Waals surface area contributed by atoms with E-state index in [-0.39, 0.29) is 5.69 Å². The molecule has 1 heterocycles. The average molecular weight is 255 g/mol. The molecule has 0 spiro atoms. The van der Waals surface area contributed by atoms with Crippen LogP contribution in [-0.2, 0) is 13.2 Å². The molecule has 0 atom stereocenters. The molecule has 6 heteroatoms. The fourth-order valence-electron chi connectivity index (χ4n) is 1.75. The van der Waals surface area contributed by atoms with Gasteiger partial charge < -0.3 is 5.73 Å². The summed E-state index contributed by atoms with van der Waals surface area (Å²) in [6.45, 7) is 1.83. The van der Waals surface area contributed by atoms with Gasteiger partial charge in [0.05, 0.1) is 11.8 Å². The van der Waals surface area contributed by atoms with Gasteiger partial charge in [0.1, 0.15) is 0 Å². The lowest BCUT2D eigenvalue weighted by molar-refractivity contribution is -0.137. The Bertz CT molecular complexity index is 585. The van der Waals surface area contributed by atoms with E-state index >= 15 is 0 Å².